The highest BCUT2D eigenvalue weighted by Gasteiger charge is 2.51. The van der Waals surface area contributed by atoms with Crippen LogP contribution >= 0.6 is 31.9 Å². The molecule has 1 amide bonds. The highest BCUT2D eigenvalue weighted by molar-refractivity contribution is 9.13. The molecule has 2 atom stereocenters. The summed E-state index contributed by atoms with van der Waals surface area (Å²) in [6.07, 6.45) is 3.37. The minimum Gasteiger partial charge on any atom is -0.445 e. The van der Waals surface area contributed by atoms with Gasteiger partial charge in [0.2, 0.25) is 0 Å². The van der Waals surface area contributed by atoms with Gasteiger partial charge < -0.3 is 14.4 Å². The van der Waals surface area contributed by atoms with Crippen molar-refractivity contribution in [1.29, 1.82) is 0 Å². The molecule has 3 aliphatic rings. The first-order valence-electron chi connectivity index (χ1n) is 16.0. The maximum absolute atomic E-state index is 13.9. The van der Waals surface area contributed by atoms with Crippen molar-refractivity contribution >= 4 is 44.2 Å². The summed E-state index contributed by atoms with van der Waals surface area (Å²) < 4.78 is 9.22. The van der Waals surface area contributed by atoms with Crippen molar-refractivity contribution in [3.05, 3.63) is 73.5 Å². The van der Waals surface area contributed by atoms with E-state index < -0.39 is 11.8 Å². The van der Waals surface area contributed by atoms with Crippen LogP contribution in [0.1, 0.15) is 43.7 Å². The van der Waals surface area contributed by atoms with Crippen LogP contribution in [0.2, 0.25) is 0 Å². The SMILES string of the molecule is CN1CCN(C2CCN([C@]3(CC=O)C[C@H](n4nc(-c5ccccc5)[nH]c4=O)CCN3C(=O)OCc3ccc(Br)c(Br)c3)CC2)CC1. The lowest BCUT2D eigenvalue weighted by Gasteiger charge is -2.56. The number of nitrogens with one attached hydrogen (secondary N) is 1. The smallest absolute Gasteiger partial charge is 0.411 e. The van der Waals surface area contributed by atoms with Gasteiger partial charge in [0.1, 0.15) is 18.6 Å². The molecule has 2 aromatic carbocycles. The summed E-state index contributed by atoms with van der Waals surface area (Å²) in [6, 6.07) is 15.5. The topological polar surface area (TPSA) is 107 Å². The monoisotopic (exact) mass is 757 g/mol. The molecule has 0 saturated carbocycles. The van der Waals surface area contributed by atoms with E-state index in [1.165, 1.54) is 4.68 Å². The number of likely N-dealkylation sites (tertiary alicyclic amines) is 2. The lowest BCUT2D eigenvalue weighted by atomic mass is 9.85. The number of rotatable bonds is 8. The van der Waals surface area contributed by atoms with Crippen LogP contribution in [0.3, 0.4) is 0 Å². The highest BCUT2D eigenvalue weighted by Crippen LogP contribution is 2.41. The zero-order valence-corrected chi connectivity index (χ0v) is 29.3. The fraction of sp³-hybridized carbons (Fsp3) is 0.515. The number of piperazine rings is 1. The molecule has 3 aromatic rings. The van der Waals surface area contributed by atoms with Crippen LogP contribution in [0.5, 0.6) is 0 Å². The first-order chi connectivity index (χ1) is 22.3. The van der Waals surface area contributed by atoms with Crippen LogP contribution in [0, 0.1) is 0 Å². The fourth-order valence-corrected chi connectivity index (χ4v) is 7.97. The molecule has 0 aliphatic carbocycles. The third-order valence-corrected chi connectivity index (χ3v) is 11.7. The number of hydrogen-bond donors (Lipinski definition) is 1. The second kappa shape index (κ2) is 14.5. The van der Waals surface area contributed by atoms with E-state index in [-0.39, 0.29) is 24.8 Å². The Hall–Kier alpha value is -2.84. The summed E-state index contributed by atoms with van der Waals surface area (Å²) in [5.74, 6) is 0.502. The van der Waals surface area contributed by atoms with Crippen LogP contribution in [0.25, 0.3) is 11.4 Å². The number of aromatic amines is 1. The average molecular weight is 760 g/mol. The number of halogens is 2. The Labute approximate surface area is 286 Å². The fourth-order valence-electron chi connectivity index (χ4n) is 7.30. The van der Waals surface area contributed by atoms with E-state index in [1.54, 1.807) is 4.90 Å². The van der Waals surface area contributed by atoms with Crippen molar-refractivity contribution in [2.45, 2.75) is 56.5 Å². The van der Waals surface area contributed by atoms with Crippen molar-refractivity contribution in [1.82, 2.24) is 34.4 Å². The maximum atomic E-state index is 13.9. The van der Waals surface area contributed by atoms with E-state index in [4.69, 9.17) is 9.84 Å². The molecule has 11 nitrogen and oxygen atoms in total. The summed E-state index contributed by atoms with van der Waals surface area (Å²) >= 11 is 7.01. The predicted molar refractivity (Wildman–Crippen MR) is 182 cm³/mol. The van der Waals surface area contributed by atoms with Gasteiger partial charge in [-0.1, -0.05) is 36.4 Å². The van der Waals surface area contributed by atoms with Gasteiger partial charge in [0.05, 0.1) is 6.04 Å². The van der Waals surface area contributed by atoms with E-state index in [0.29, 0.717) is 31.3 Å². The van der Waals surface area contributed by atoms with Gasteiger partial charge >= 0.3 is 11.8 Å². The number of H-pyrrole nitrogens is 1. The molecule has 3 fully saturated rings. The Kier molecular flexibility index (Phi) is 10.4. The molecule has 246 valence electrons. The number of carbonyl (C=O) groups is 2. The molecule has 46 heavy (non-hydrogen) atoms. The molecule has 3 aliphatic heterocycles. The van der Waals surface area contributed by atoms with Crippen LogP contribution in [-0.4, -0.2) is 111 Å². The minimum absolute atomic E-state index is 0.104. The number of piperidine rings is 2. The van der Waals surface area contributed by atoms with Crippen molar-refractivity contribution in [2.24, 2.45) is 0 Å². The number of hydrogen-bond acceptors (Lipinski definition) is 8. The van der Waals surface area contributed by atoms with Gasteiger partial charge in [0.15, 0.2) is 5.82 Å². The van der Waals surface area contributed by atoms with Gasteiger partial charge in [-0.05, 0) is 75.9 Å². The second-order valence-corrected chi connectivity index (χ2v) is 14.3. The quantitative estimate of drug-likeness (QED) is 0.329. The largest absolute Gasteiger partial charge is 0.445 e. The van der Waals surface area contributed by atoms with Crippen LogP contribution < -0.4 is 5.69 Å². The first kappa shape index (κ1) is 33.1. The van der Waals surface area contributed by atoms with E-state index in [1.807, 2.05) is 48.5 Å². The standard InChI is InChI=1S/C33H41Br2N7O4/c1-38-16-18-39(19-17-38)26-9-13-40(14-10-26)33(12-20-43)22-27(42-31(44)36-30(37-42)25-5-3-2-4-6-25)11-15-41(33)32(45)46-23-24-7-8-28(34)29(35)21-24/h2-8,20-21,26-27H,9-19,22-23H2,1H3,(H,36,37,44)/t27-,33+/m1/s1. The third-order valence-electron chi connectivity index (χ3n) is 9.87. The molecule has 6 rings (SSSR count). The zero-order chi connectivity index (χ0) is 32.3. The molecule has 0 unspecified atom stereocenters. The molecule has 0 bridgehead atoms. The van der Waals surface area contributed by atoms with Crippen LogP contribution in [0.4, 0.5) is 4.79 Å². The molecular formula is C33H41Br2N7O4. The van der Waals surface area contributed by atoms with Gasteiger partial charge in [-0.15, -0.1) is 5.10 Å². The Morgan fingerprint density at radius 2 is 1.70 bits per heavy atom. The molecule has 3 saturated heterocycles. The lowest BCUT2D eigenvalue weighted by molar-refractivity contribution is -0.128. The average Bonchev–Trinajstić information content (AvgIpc) is 3.47. The number of likely N-dealkylation sites (N-methyl/N-ethyl adjacent to an activating group) is 1. The Balaban J connectivity index is 1.26. The van der Waals surface area contributed by atoms with E-state index in [0.717, 1.165) is 78.5 Å². The summed E-state index contributed by atoms with van der Waals surface area (Å²) in [5, 5.41) is 4.70. The predicted octanol–water partition coefficient (Wildman–Crippen LogP) is 4.73. The van der Waals surface area contributed by atoms with Crippen molar-refractivity contribution < 1.29 is 14.3 Å². The summed E-state index contributed by atoms with van der Waals surface area (Å²) in [5.41, 5.74) is 0.433. The van der Waals surface area contributed by atoms with Gasteiger partial charge in [-0.2, -0.15) is 0 Å². The van der Waals surface area contributed by atoms with Crippen molar-refractivity contribution in [2.75, 3.05) is 52.9 Å². The normalized spacial score (nSPS) is 23.8. The number of benzene rings is 2. The molecule has 1 N–H and O–H groups in total. The number of amides is 1. The summed E-state index contributed by atoms with van der Waals surface area (Å²) in [4.78, 5) is 51.6. The van der Waals surface area contributed by atoms with Gasteiger partial charge in [-0.25, -0.2) is 14.3 Å². The van der Waals surface area contributed by atoms with Crippen LogP contribution in [-0.2, 0) is 16.1 Å². The molecule has 0 spiro atoms. The third kappa shape index (κ3) is 7.03. The zero-order valence-electron chi connectivity index (χ0n) is 26.1. The van der Waals surface area contributed by atoms with Crippen molar-refractivity contribution in [3.8, 4) is 11.4 Å². The molecular weight excluding hydrogens is 718 g/mol. The molecule has 13 heteroatoms. The van der Waals surface area contributed by atoms with Crippen molar-refractivity contribution in [3.63, 3.8) is 0 Å². The lowest BCUT2D eigenvalue weighted by Crippen LogP contribution is -2.68. The minimum atomic E-state index is -0.944. The Morgan fingerprint density at radius 3 is 2.39 bits per heavy atom. The first-order valence-corrected chi connectivity index (χ1v) is 17.6. The van der Waals surface area contributed by atoms with Gasteiger partial charge in [0.25, 0.3) is 0 Å². The number of carbonyl (C=O) groups excluding carboxylic acids is 2. The van der Waals surface area contributed by atoms with Gasteiger partial charge in [0, 0.05) is 79.2 Å². The van der Waals surface area contributed by atoms with E-state index in [2.05, 4.69) is 58.6 Å². The number of aldehydes is 1. The summed E-state index contributed by atoms with van der Waals surface area (Å²) in [7, 11) is 2.17. The second-order valence-electron chi connectivity index (χ2n) is 12.6. The number of nitrogens with zero attached hydrogens (tertiary/aromatic N) is 6. The Morgan fingerprint density at radius 1 is 0.978 bits per heavy atom. The summed E-state index contributed by atoms with van der Waals surface area (Å²) in [6.45, 7) is 6.16. The molecule has 1 aromatic heterocycles. The number of aromatic nitrogens is 3. The molecule has 0 radical (unpaired) electrons. The van der Waals surface area contributed by atoms with E-state index >= 15 is 0 Å². The molecule has 4 heterocycles. The number of ether oxygens (including phenoxy) is 1. The maximum Gasteiger partial charge on any atom is 0.411 e. The Bertz CT molecular complexity index is 1570. The van der Waals surface area contributed by atoms with E-state index in [9.17, 15) is 14.4 Å². The highest BCUT2D eigenvalue weighted by atomic mass is 79.9. The van der Waals surface area contributed by atoms with Gasteiger partial charge in [-0.3, -0.25) is 19.7 Å². The van der Waals surface area contributed by atoms with Crippen LogP contribution in [0.15, 0.2) is 62.3 Å².